The molecule has 0 aliphatic carbocycles. The summed E-state index contributed by atoms with van der Waals surface area (Å²) >= 11 is 25.9. The third kappa shape index (κ3) is 7.14. The van der Waals surface area contributed by atoms with Crippen LogP contribution in [0.1, 0.15) is 22.5 Å². The average Bonchev–Trinajstić information content (AvgIpc) is 3.59. The molecule has 4 aromatic rings. The zero-order chi connectivity index (χ0) is 29.6. The van der Waals surface area contributed by atoms with Crippen LogP contribution in [0.2, 0.25) is 20.1 Å². The molecule has 0 bridgehead atoms. The van der Waals surface area contributed by atoms with Gasteiger partial charge in [-0.1, -0.05) is 64.6 Å². The number of carbonyl (C=O) groups is 1. The molecule has 1 aliphatic rings. The van der Waals surface area contributed by atoms with Gasteiger partial charge in [-0.05, 0) is 77.5 Å². The zero-order valence-corrected chi connectivity index (χ0v) is 25.7. The van der Waals surface area contributed by atoms with E-state index in [1.54, 1.807) is 80.3 Å². The molecule has 0 atom stereocenters. The molecule has 7 nitrogen and oxygen atoms in total. The average molecular weight is 661 g/mol. The molecule has 12 heteroatoms. The third-order valence-electron chi connectivity index (χ3n) is 5.99. The first-order valence-electron chi connectivity index (χ1n) is 12.4. The summed E-state index contributed by atoms with van der Waals surface area (Å²) < 4.78 is 16.9. The Kier molecular flexibility index (Phi) is 9.82. The summed E-state index contributed by atoms with van der Waals surface area (Å²) in [7, 11) is 1.55. The van der Waals surface area contributed by atoms with Crippen molar-refractivity contribution >= 4 is 81.5 Å². The highest BCUT2D eigenvalue weighted by Crippen LogP contribution is 2.36. The van der Waals surface area contributed by atoms with Crippen LogP contribution in [0.3, 0.4) is 0 Å². The molecular formula is C30H21Cl4N3O4S. The number of nitrogens with zero attached hydrogens (tertiary/aromatic N) is 3. The van der Waals surface area contributed by atoms with Crippen LogP contribution >= 0.6 is 58.2 Å². The van der Waals surface area contributed by atoms with Crippen LogP contribution in [0.25, 0.3) is 6.08 Å². The smallest absolute Gasteiger partial charge is 0.267 e. The van der Waals surface area contributed by atoms with Crippen molar-refractivity contribution in [1.29, 1.82) is 0 Å². The highest BCUT2D eigenvalue weighted by molar-refractivity contribution is 8.18. The predicted molar refractivity (Wildman–Crippen MR) is 170 cm³/mol. The van der Waals surface area contributed by atoms with Crippen LogP contribution in [0, 0.1) is 0 Å². The number of methoxy groups -OCH3 is 1. The fourth-order valence-corrected chi connectivity index (χ4v) is 5.63. The number of amides is 1. The van der Waals surface area contributed by atoms with E-state index in [2.05, 4.69) is 10.2 Å². The van der Waals surface area contributed by atoms with Gasteiger partial charge in [0.15, 0.2) is 16.7 Å². The Balaban J connectivity index is 1.35. The number of halogens is 4. The van der Waals surface area contributed by atoms with E-state index in [-0.39, 0.29) is 19.1 Å². The van der Waals surface area contributed by atoms with E-state index >= 15 is 0 Å². The van der Waals surface area contributed by atoms with Crippen LogP contribution in [-0.4, -0.2) is 29.3 Å². The summed E-state index contributed by atoms with van der Waals surface area (Å²) in [5, 5.41) is 10.8. The fraction of sp³-hybridized carbons (Fsp3) is 0.100. The SMILES string of the molecule is COc1cc(/C=N/N=C2\S/C(=C\c3cccc(Cl)c3Cl)C(=O)N2Cc2ccco2)ccc1OCc1ccc(Cl)cc1Cl. The van der Waals surface area contributed by atoms with Crippen LogP contribution in [0.15, 0.2) is 92.5 Å². The summed E-state index contributed by atoms with van der Waals surface area (Å²) in [6.45, 7) is 0.422. The summed E-state index contributed by atoms with van der Waals surface area (Å²) in [5.74, 6) is 1.38. The molecule has 1 fully saturated rings. The lowest BCUT2D eigenvalue weighted by Crippen LogP contribution is -2.28. The molecule has 2 heterocycles. The van der Waals surface area contributed by atoms with Gasteiger partial charge < -0.3 is 13.9 Å². The molecule has 1 aromatic heterocycles. The van der Waals surface area contributed by atoms with Gasteiger partial charge in [-0.2, -0.15) is 5.10 Å². The molecule has 42 heavy (non-hydrogen) atoms. The first kappa shape index (κ1) is 30.1. The van der Waals surface area contributed by atoms with E-state index in [4.69, 9.17) is 60.3 Å². The van der Waals surface area contributed by atoms with E-state index in [9.17, 15) is 4.79 Å². The number of ether oxygens (including phenoxy) is 2. The second-order valence-electron chi connectivity index (χ2n) is 8.79. The van der Waals surface area contributed by atoms with Gasteiger partial charge in [-0.3, -0.25) is 9.69 Å². The Bertz CT molecular complexity index is 1710. The second kappa shape index (κ2) is 13.7. The molecule has 1 amide bonds. The van der Waals surface area contributed by atoms with Gasteiger partial charge in [0.25, 0.3) is 5.91 Å². The normalized spacial score (nSPS) is 15.4. The molecule has 1 aliphatic heterocycles. The predicted octanol–water partition coefficient (Wildman–Crippen LogP) is 8.99. The van der Waals surface area contributed by atoms with Gasteiger partial charge in [0.05, 0.1) is 41.1 Å². The van der Waals surface area contributed by atoms with Crippen LogP contribution in [0.5, 0.6) is 11.5 Å². The number of thioether (sulfide) groups is 1. The van der Waals surface area contributed by atoms with Gasteiger partial charge >= 0.3 is 0 Å². The van der Waals surface area contributed by atoms with Crippen molar-refractivity contribution in [2.24, 2.45) is 10.2 Å². The maximum Gasteiger partial charge on any atom is 0.267 e. The Morgan fingerprint density at radius 1 is 0.976 bits per heavy atom. The highest BCUT2D eigenvalue weighted by Gasteiger charge is 2.34. The zero-order valence-electron chi connectivity index (χ0n) is 21.9. The Morgan fingerprint density at radius 3 is 2.60 bits per heavy atom. The van der Waals surface area contributed by atoms with Crippen LogP contribution in [0.4, 0.5) is 0 Å². The van der Waals surface area contributed by atoms with Crippen molar-refractivity contribution in [1.82, 2.24) is 4.90 Å². The standard InChI is InChI=1S/C30H21Cl4N3O4S/c1-39-26-12-18(7-10-25(26)41-17-20-8-9-21(31)14-24(20)33)15-35-36-30-37(16-22-5-3-11-40-22)29(38)27(42-30)13-19-4-2-6-23(32)28(19)34/h2-15H,16-17H2,1H3/b27-13-,35-15+,36-30-. The van der Waals surface area contributed by atoms with Crippen LogP contribution in [-0.2, 0) is 17.9 Å². The summed E-state index contributed by atoms with van der Waals surface area (Å²) in [6.07, 6.45) is 4.79. The minimum absolute atomic E-state index is 0.186. The molecule has 0 spiro atoms. The maximum atomic E-state index is 13.3. The van der Waals surface area contributed by atoms with Gasteiger partial charge in [-0.15, -0.1) is 5.10 Å². The summed E-state index contributed by atoms with van der Waals surface area (Å²) in [6, 6.07) is 19.3. The van der Waals surface area contributed by atoms with Gasteiger partial charge in [0.1, 0.15) is 12.4 Å². The number of rotatable bonds is 9. The van der Waals surface area contributed by atoms with Crippen molar-refractivity contribution in [2.45, 2.75) is 13.2 Å². The lowest BCUT2D eigenvalue weighted by molar-refractivity contribution is -0.122. The molecule has 0 N–H and O–H groups in total. The molecule has 0 radical (unpaired) electrons. The third-order valence-corrected chi connectivity index (χ3v) is 8.40. The van der Waals surface area contributed by atoms with Crippen molar-refractivity contribution < 1.29 is 18.7 Å². The van der Waals surface area contributed by atoms with Crippen molar-refractivity contribution in [3.8, 4) is 11.5 Å². The first-order chi connectivity index (χ1) is 20.3. The number of amidine groups is 1. The Morgan fingerprint density at radius 2 is 1.83 bits per heavy atom. The van der Waals surface area contributed by atoms with Crippen molar-refractivity contribution in [3.05, 3.63) is 120 Å². The number of carbonyl (C=O) groups excluding carboxylic acids is 1. The molecule has 0 saturated carbocycles. The Hall–Kier alpha value is -3.40. The lowest BCUT2D eigenvalue weighted by atomic mass is 10.2. The summed E-state index contributed by atoms with van der Waals surface area (Å²) in [4.78, 5) is 15.3. The lowest BCUT2D eigenvalue weighted by Gasteiger charge is -2.13. The minimum Gasteiger partial charge on any atom is -0.493 e. The number of hydrogen-bond acceptors (Lipinski definition) is 7. The molecule has 1 saturated heterocycles. The molecule has 3 aromatic carbocycles. The minimum atomic E-state index is -0.259. The molecule has 214 valence electrons. The van der Waals surface area contributed by atoms with E-state index < -0.39 is 0 Å². The monoisotopic (exact) mass is 659 g/mol. The highest BCUT2D eigenvalue weighted by atomic mass is 35.5. The topological polar surface area (TPSA) is 76.6 Å². The molecular weight excluding hydrogens is 640 g/mol. The Labute approximate surface area is 266 Å². The molecule has 0 unspecified atom stereocenters. The van der Waals surface area contributed by atoms with Gasteiger partial charge in [-0.25, -0.2) is 0 Å². The van der Waals surface area contributed by atoms with Crippen LogP contribution < -0.4 is 9.47 Å². The quantitative estimate of drug-likeness (QED) is 0.102. The summed E-state index contributed by atoms with van der Waals surface area (Å²) in [5.41, 5.74) is 2.12. The van der Waals surface area contributed by atoms with Crippen molar-refractivity contribution in [2.75, 3.05) is 7.11 Å². The second-order valence-corrected chi connectivity index (χ2v) is 11.4. The van der Waals surface area contributed by atoms with Gasteiger partial charge in [0, 0.05) is 15.6 Å². The fourth-order valence-electron chi connectivity index (χ4n) is 3.88. The number of furan rings is 1. The number of hydrogen-bond donors (Lipinski definition) is 0. The van der Waals surface area contributed by atoms with E-state index in [1.165, 1.54) is 16.7 Å². The number of benzene rings is 3. The van der Waals surface area contributed by atoms with Gasteiger partial charge in [0.2, 0.25) is 0 Å². The van der Waals surface area contributed by atoms with E-state index in [0.29, 0.717) is 58.5 Å². The van der Waals surface area contributed by atoms with E-state index in [1.807, 2.05) is 12.1 Å². The van der Waals surface area contributed by atoms with E-state index in [0.717, 1.165) is 5.56 Å². The first-order valence-corrected chi connectivity index (χ1v) is 14.7. The van der Waals surface area contributed by atoms with Crippen molar-refractivity contribution in [3.63, 3.8) is 0 Å². The maximum absolute atomic E-state index is 13.3. The largest absolute Gasteiger partial charge is 0.493 e. The molecule has 5 rings (SSSR count).